The number of rotatable bonds is 4. The second-order valence-corrected chi connectivity index (χ2v) is 4.82. The van der Waals surface area contributed by atoms with Gasteiger partial charge in [-0.3, -0.25) is 0 Å². The molecule has 1 aromatic heterocycles. The van der Waals surface area contributed by atoms with Gasteiger partial charge in [-0.1, -0.05) is 13.8 Å². The van der Waals surface area contributed by atoms with E-state index >= 15 is 0 Å². The highest BCUT2D eigenvalue weighted by atomic mass is 19.2. The molecule has 0 spiro atoms. The predicted octanol–water partition coefficient (Wildman–Crippen LogP) is 2.58. The van der Waals surface area contributed by atoms with Crippen molar-refractivity contribution in [2.75, 3.05) is 0 Å². The summed E-state index contributed by atoms with van der Waals surface area (Å²) in [6, 6.07) is 1.49. The Hall–Kier alpha value is -2.31. The van der Waals surface area contributed by atoms with E-state index in [0.29, 0.717) is 12.6 Å². The van der Waals surface area contributed by atoms with Gasteiger partial charge in [0.05, 0.1) is 5.56 Å². The molecule has 0 radical (unpaired) electrons. The lowest BCUT2D eigenvalue weighted by Gasteiger charge is -2.11. The van der Waals surface area contributed by atoms with E-state index in [1.54, 1.807) is 4.57 Å². The molecular weight excluding hydrogens is 268 g/mol. The molecule has 1 heterocycles. The van der Waals surface area contributed by atoms with Crippen LogP contribution in [0.2, 0.25) is 0 Å². The summed E-state index contributed by atoms with van der Waals surface area (Å²) in [6.45, 7) is 4.47. The first kappa shape index (κ1) is 14.1. The van der Waals surface area contributed by atoms with Crippen LogP contribution in [-0.2, 0) is 6.54 Å². The Morgan fingerprint density at radius 1 is 1.35 bits per heavy atom. The van der Waals surface area contributed by atoms with Gasteiger partial charge in [0.15, 0.2) is 17.5 Å². The average Bonchev–Trinajstić information content (AvgIpc) is 2.79. The number of carboxylic acids is 1. The molecule has 0 saturated carbocycles. The summed E-state index contributed by atoms with van der Waals surface area (Å²) >= 11 is 0. The van der Waals surface area contributed by atoms with E-state index in [4.69, 9.17) is 5.11 Å². The number of aromatic carboxylic acids is 1. The third-order valence-electron chi connectivity index (χ3n) is 2.71. The van der Waals surface area contributed by atoms with Crippen LogP contribution >= 0.6 is 0 Å². The molecule has 2 rings (SSSR count). The molecule has 0 aliphatic rings. The molecule has 0 unspecified atom stereocenters. The first-order valence-electron chi connectivity index (χ1n) is 6.00. The third kappa shape index (κ3) is 2.66. The van der Waals surface area contributed by atoms with Crippen LogP contribution in [-0.4, -0.2) is 25.8 Å². The van der Waals surface area contributed by atoms with Gasteiger partial charge in [0.1, 0.15) is 6.33 Å². The Balaban J connectivity index is 2.60. The van der Waals surface area contributed by atoms with Crippen molar-refractivity contribution >= 4 is 5.97 Å². The topological polar surface area (TPSA) is 68.0 Å². The number of aromatic nitrogens is 3. The van der Waals surface area contributed by atoms with E-state index in [2.05, 4.69) is 10.2 Å². The lowest BCUT2D eigenvalue weighted by molar-refractivity contribution is 0.0697. The van der Waals surface area contributed by atoms with Crippen molar-refractivity contribution in [1.29, 1.82) is 0 Å². The summed E-state index contributed by atoms with van der Waals surface area (Å²) in [5.41, 5.74) is -0.337. The molecule has 7 heteroatoms. The number of carboxylic acid groups (broad SMARTS) is 1. The maximum atomic E-state index is 13.4. The highest BCUT2D eigenvalue weighted by Gasteiger charge is 2.20. The van der Waals surface area contributed by atoms with E-state index in [9.17, 15) is 13.6 Å². The largest absolute Gasteiger partial charge is 0.478 e. The van der Waals surface area contributed by atoms with Crippen molar-refractivity contribution in [3.63, 3.8) is 0 Å². The third-order valence-corrected chi connectivity index (χ3v) is 2.71. The number of halogens is 2. The molecule has 0 aliphatic carbocycles. The Morgan fingerprint density at radius 2 is 2.00 bits per heavy atom. The summed E-state index contributed by atoms with van der Waals surface area (Å²) in [6.07, 6.45) is 1.43. The van der Waals surface area contributed by atoms with Crippen LogP contribution in [0, 0.1) is 17.6 Å². The summed E-state index contributed by atoms with van der Waals surface area (Å²) in [4.78, 5) is 11.2. The van der Waals surface area contributed by atoms with Crippen molar-refractivity contribution in [3.8, 4) is 11.4 Å². The van der Waals surface area contributed by atoms with Crippen LogP contribution in [0.1, 0.15) is 24.2 Å². The fourth-order valence-electron chi connectivity index (χ4n) is 1.90. The molecule has 0 amide bonds. The van der Waals surface area contributed by atoms with Gasteiger partial charge in [0.2, 0.25) is 0 Å². The Morgan fingerprint density at radius 3 is 2.60 bits per heavy atom. The number of hydrogen-bond acceptors (Lipinski definition) is 3. The second-order valence-electron chi connectivity index (χ2n) is 4.82. The fraction of sp³-hybridized carbons (Fsp3) is 0.308. The van der Waals surface area contributed by atoms with Gasteiger partial charge in [-0.25, -0.2) is 13.6 Å². The number of benzene rings is 1. The smallest absolute Gasteiger partial charge is 0.336 e. The van der Waals surface area contributed by atoms with E-state index in [1.165, 1.54) is 6.33 Å². The van der Waals surface area contributed by atoms with E-state index in [-0.39, 0.29) is 22.9 Å². The van der Waals surface area contributed by atoms with Crippen LogP contribution in [0.4, 0.5) is 8.78 Å². The highest BCUT2D eigenvalue weighted by molar-refractivity contribution is 5.95. The molecule has 0 aliphatic heterocycles. The fourth-order valence-corrected chi connectivity index (χ4v) is 1.90. The first-order valence-corrected chi connectivity index (χ1v) is 6.00. The van der Waals surface area contributed by atoms with E-state index < -0.39 is 17.6 Å². The molecule has 0 saturated heterocycles. The van der Waals surface area contributed by atoms with E-state index in [1.807, 2.05) is 13.8 Å². The minimum atomic E-state index is -1.35. The second kappa shape index (κ2) is 5.36. The minimum Gasteiger partial charge on any atom is -0.478 e. The van der Waals surface area contributed by atoms with Gasteiger partial charge in [-0.15, -0.1) is 10.2 Å². The Bertz CT molecular complexity index is 653. The van der Waals surface area contributed by atoms with Gasteiger partial charge < -0.3 is 9.67 Å². The summed E-state index contributed by atoms with van der Waals surface area (Å²) in [7, 11) is 0. The lowest BCUT2D eigenvalue weighted by Crippen LogP contribution is -2.09. The average molecular weight is 281 g/mol. The summed E-state index contributed by atoms with van der Waals surface area (Å²) in [5, 5.41) is 16.6. The van der Waals surface area contributed by atoms with Crippen LogP contribution in [0.5, 0.6) is 0 Å². The van der Waals surface area contributed by atoms with Crippen molar-refractivity contribution < 1.29 is 18.7 Å². The zero-order valence-electron chi connectivity index (χ0n) is 11.0. The number of hydrogen-bond donors (Lipinski definition) is 1. The highest BCUT2D eigenvalue weighted by Crippen LogP contribution is 2.25. The van der Waals surface area contributed by atoms with E-state index in [0.717, 1.165) is 6.07 Å². The first-order chi connectivity index (χ1) is 9.40. The molecule has 106 valence electrons. The number of carbonyl (C=O) groups is 1. The molecular formula is C13H13F2N3O2. The molecule has 1 N–H and O–H groups in total. The summed E-state index contributed by atoms with van der Waals surface area (Å²) < 4.78 is 28.2. The lowest BCUT2D eigenvalue weighted by atomic mass is 10.1. The molecule has 0 fully saturated rings. The molecule has 1 aromatic carbocycles. The van der Waals surface area contributed by atoms with Crippen LogP contribution < -0.4 is 0 Å². The summed E-state index contributed by atoms with van der Waals surface area (Å²) in [5.74, 6) is -3.21. The Labute approximate surface area is 113 Å². The van der Waals surface area contributed by atoms with Gasteiger partial charge in [-0.05, 0) is 18.1 Å². The Kier molecular flexibility index (Phi) is 3.78. The molecule has 2 aromatic rings. The van der Waals surface area contributed by atoms with Crippen molar-refractivity contribution in [2.24, 2.45) is 5.92 Å². The monoisotopic (exact) mass is 281 g/mol. The SMILES string of the molecule is CC(C)Cn1cnnc1-c1cc(F)c(F)cc1C(=O)O. The maximum absolute atomic E-state index is 13.4. The zero-order chi connectivity index (χ0) is 14.9. The van der Waals surface area contributed by atoms with Crippen LogP contribution in [0.3, 0.4) is 0 Å². The van der Waals surface area contributed by atoms with Gasteiger partial charge in [-0.2, -0.15) is 0 Å². The minimum absolute atomic E-state index is 0.00884. The quantitative estimate of drug-likeness (QED) is 0.935. The zero-order valence-corrected chi connectivity index (χ0v) is 11.0. The van der Waals surface area contributed by atoms with Crippen molar-refractivity contribution in [2.45, 2.75) is 20.4 Å². The molecule has 0 atom stereocenters. The van der Waals surface area contributed by atoms with Crippen LogP contribution in [0.25, 0.3) is 11.4 Å². The molecule has 20 heavy (non-hydrogen) atoms. The predicted molar refractivity (Wildman–Crippen MR) is 67.2 cm³/mol. The molecule has 0 bridgehead atoms. The molecule has 5 nitrogen and oxygen atoms in total. The standard InChI is InChI=1S/C13H13F2N3O2/c1-7(2)5-18-6-16-17-12(18)8-3-10(14)11(15)4-9(8)13(19)20/h3-4,6-7H,5H2,1-2H3,(H,19,20). The normalized spacial score (nSPS) is 11.1. The maximum Gasteiger partial charge on any atom is 0.336 e. The van der Waals surface area contributed by atoms with Crippen LogP contribution in [0.15, 0.2) is 18.5 Å². The van der Waals surface area contributed by atoms with Crippen molar-refractivity contribution in [3.05, 3.63) is 35.7 Å². The number of nitrogens with zero attached hydrogens (tertiary/aromatic N) is 3. The van der Waals surface area contributed by atoms with Gasteiger partial charge in [0.25, 0.3) is 0 Å². The van der Waals surface area contributed by atoms with Crippen molar-refractivity contribution in [1.82, 2.24) is 14.8 Å². The van der Waals surface area contributed by atoms with Gasteiger partial charge >= 0.3 is 5.97 Å². The van der Waals surface area contributed by atoms with Gasteiger partial charge in [0, 0.05) is 12.1 Å².